The summed E-state index contributed by atoms with van der Waals surface area (Å²) >= 11 is 1.67. The molecule has 1 aliphatic heterocycles. The van der Waals surface area contributed by atoms with Gasteiger partial charge in [-0.2, -0.15) is 4.31 Å². The zero-order valence-corrected chi connectivity index (χ0v) is 20.1. The number of aromatic nitrogens is 1. The van der Waals surface area contributed by atoms with Crippen LogP contribution in [0.3, 0.4) is 0 Å². The molecule has 2 aromatic carbocycles. The topological polar surface area (TPSA) is 53.5 Å². The molecule has 1 saturated heterocycles. The van der Waals surface area contributed by atoms with Crippen LogP contribution >= 0.6 is 11.9 Å². The first-order valence-corrected chi connectivity index (χ1v) is 13.2. The van der Waals surface area contributed by atoms with Crippen LogP contribution in [-0.2, 0) is 16.4 Å². The Kier molecular flexibility index (Phi) is 7.18. The molecule has 3 aromatic rings. The highest BCUT2D eigenvalue weighted by Gasteiger charge is 2.32. The Bertz CT molecular complexity index is 1130. The van der Waals surface area contributed by atoms with Gasteiger partial charge in [0.2, 0.25) is 10.0 Å². The van der Waals surface area contributed by atoms with Crippen LogP contribution < -0.4 is 4.31 Å². The second kappa shape index (κ2) is 10.1. The first kappa shape index (κ1) is 22.8. The predicted octanol–water partition coefficient (Wildman–Crippen LogP) is 5.32. The van der Waals surface area contributed by atoms with Gasteiger partial charge < -0.3 is 0 Å². The van der Waals surface area contributed by atoms with Gasteiger partial charge in [0.15, 0.2) is 0 Å². The van der Waals surface area contributed by atoms with Gasteiger partial charge in [0, 0.05) is 30.2 Å². The molecule has 0 aliphatic carbocycles. The number of benzene rings is 2. The third-order valence-electron chi connectivity index (χ3n) is 5.79. The third kappa shape index (κ3) is 5.17. The maximum absolute atomic E-state index is 13.2. The highest BCUT2D eigenvalue weighted by Crippen LogP contribution is 2.34. The lowest BCUT2D eigenvalue weighted by Crippen LogP contribution is -2.45. The number of rotatable bonds is 7. The van der Waals surface area contributed by atoms with E-state index >= 15 is 0 Å². The molecule has 0 saturated carbocycles. The second-order valence-electron chi connectivity index (χ2n) is 8.05. The largest absolute Gasteiger partial charge is 0.293 e. The molecular formula is C25H29N3O2S2. The number of hydrogen-bond donors (Lipinski definition) is 0. The molecule has 0 radical (unpaired) electrons. The van der Waals surface area contributed by atoms with Crippen LogP contribution in [0.4, 0.5) is 5.82 Å². The van der Waals surface area contributed by atoms with Gasteiger partial charge in [0.25, 0.3) is 0 Å². The van der Waals surface area contributed by atoms with Crippen LogP contribution in [0.5, 0.6) is 0 Å². The van der Waals surface area contributed by atoms with Gasteiger partial charge in [-0.1, -0.05) is 37.3 Å². The Hall–Kier alpha value is -2.35. The Labute approximate surface area is 195 Å². The molecule has 0 bridgehead atoms. The fourth-order valence-electron chi connectivity index (χ4n) is 3.94. The van der Waals surface area contributed by atoms with E-state index in [1.165, 1.54) is 5.56 Å². The summed E-state index contributed by atoms with van der Waals surface area (Å²) in [6.45, 7) is 5.16. The summed E-state index contributed by atoms with van der Waals surface area (Å²) in [6, 6.07) is 21.8. The van der Waals surface area contributed by atoms with Crippen LogP contribution in [0.15, 0.2) is 82.7 Å². The van der Waals surface area contributed by atoms with Crippen LogP contribution in [0.1, 0.15) is 30.9 Å². The number of anilines is 1. The average Bonchev–Trinajstić information content (AvgIpc) is 2.83. The SMILES string of the molecule is CCc1ccc(S(=O)(=O)N2CCC(N(Sc3cccc(C)c3)c3ccccn3)CC2)cc1. The van der Waals surface area contributed by atoms with Crippen LogP contribution in [0.2, 0.25) is 0 Å². The van der Waals surface area contributed by atoms with Crippen LogP contribution in [0, 0.1) is 6.92 Å². The van der Waals surface area contributed by atoms with Crippen molar-refractivity contribution in [2.24, 2.45) is 0 Å². The van der Waals surface area contributed by atoms with Gasteiger partial charge in [-0.25, -0.2) is 13.4 Å². The van der Waals surface area contributed by atoms with E-state index < -0.39 is 10.0 Å². The van der Waals surface area contributed by atoms with E-state index in [-0.39, 0.29) is 6.04 Å². The number of aryl methyl sites for hydroxylation is 2. The van der Waals surface area contributed by atoms with Crippen molar-refractivity contribution in [3.63, 3.8) is 0 Å². The van der Waals surface area contributed by atoms with Crippen LogP contribution in [0.25, 0.3) is 0 Å². The summed E-state index contributed by atoms with van der Waals surface area (Å²) in [6.07, 6.45) is 4.20. The van der Waals surface area contributed by atoms with Crippen molar-refractivity contribution in [2.45, 2.75) is 48.9 Å². The standard InChI is InChI=1S/C25H29N3O2S2/c1-3-21-10-12-24(13-11-21)32(29,30)27-17-14-22(15-18-27)28(25-9-4-5-16-26-25)31-23-8-6-7-20(2)19-23/h4-13,16,19,22H,3,14-15,17-18H2,1-2H3. The van der Waals surface area contributed by atoms with E-state index in [9.17, 15) is 8.42 Å². The molecule has 0 amide bonds. The molecule has 1 fully saturated rings. The van der Waals surface area contributed by atoms with E-state index in [0.717, 1.165) is 35.5 Å². The molecule has 0 spiro atoms. The highest BCUT2D eigenvalue weighted by atomic mass is 32.2. The summed E-state index contributed by atoms with van der Waals surface area (Å²) in [4.78, 5) is 6.11. The Balaban J connectivity index is 1.50. The Morgan fingerprint density at radius 3 is 2.41 bits per heavy atom. The maximum atomic E-state index is 13.2. The Morgan fingerprint density at radius 2 is 1.78 bits per heavy atom. The number of nitrogens with zero attached hydrogens (tertiary/aromatic N) is 3. The van der Waals surface area contributed by atoms with Crippen molar-refractivity contribution in [3.8, 4) is 0 Å². The molecular weight excluding hydrogens is 438 g/mol. The monoisotopic (exact) mass is 467 g/mol. The smallest absolute Gasteiger partial charge is 0.243 e. The summed E-state index contributed by atoms with van der Waals surface area (Å²) in [5, 5.41) is 0. The lowest BCUT2D eigenvalue weighted by molar-refractivity contribution is 0.322. The minimum atomic E-state index is -3.47. The maximum Gasteiger partial charge on any atom is 0.243 e. The number of sulfonamides is 1. The zero-order chi connectivity index (χ0) is 22.6. The fourth-order valence-corrected chi connectivity index (χ4v) is 6.58. The average molecular weight is 468 g/mol. The van der Waals surface area contributed by atoms with Gasteiger partial charge in [-0.3, -0.25) is 4.31 Å². The predicted molar refractivity (Wildman–Crippen MR) is 131 cm³/mol. The summed E-state index contributed by atoms with van der Waals surface area (Å²) in [7, 11) is -3.47. The summed E-state index contributed by atoms with van der Waals surface area (Å²) in [5.41, 5.74) is 2.35. The van der Waals surface area contributed by atoms with Crippen molar-refractivity contribution in [1.82, 2.24) is 9.29 Å². The van der Waals surface area contributed by atoms with Crippen molar-refractivity contribution >= 4 is 27.8 Å². The molecule has 7 heteroatoms. The molecule has 4 rings (SSSR count). The van der Waals surface area contributed by atoms with E-state index in [4.69, 9.17) is 0 Å². The molecule has 0 atom stereocenters. The summed E-state index contributed by atoms with van der Waals surface area (Å²) in [5.74, 6) is 0.899. The molecule has 168 valence electrons. The van der Waals surface area contributed by atoms with Crippen molar-refractivity contribution in [3.05, 3.63) is 84.1 Å². The first-order valence-electron chi connectivity index (χ1n) is 11.0. The van der Waals surface area contributed by atoms with Crippen LogP contribution in [-0.4, -0.2) is 36.8 Å². The quantitative estimate of drug-likeness (QED) is 0.440. The second-order valence-corrected chi connectivity index (χ2v) is 11.0. The van der Waals surface area contributed by atoms with Gasteiger partial charge >= 0.3 is 0 Å². The van der Waals surface area contributed by atoms with E-state index in [2.05, 4.69) is 47.4 Å². The minimum absolute atomic E-state index is 0.198. The van der Waals surface area contributed by atoms with E-state index in [1.807, 2.05) is 30.3 Å². The molecule has 1 aliphatic rings. The summed E-state index contributed by atoms with van der Waals surface area (Å²) < 4.78 is 30.2. The van der Waals surface area contributed by atoms with E-state index in [0.29, 0.717) is 18.0 Å². The molecule has 32 heavy (non-hydrogen) atoms. The number of hydrogen-bond acceptors (Lipinski definition) is 5. The fraction of sp³-hybridized carbons (Fsp3) is 0.320. The molecule has 1 aromatic heterocycles. The zero-order valence-electron chi connectivity index (χ0n) is 18.5. The van der Waals surface area contributed by atoms with Gasteiger partial charge in [0.05, 0.1) is 4.90 Å². The molecule has 0 unspecified atom stereocenters. The van der Waals surface area contributed by atoms with Gasteiger partial charge in [-0.15, -0.1) is 0 Å². The van der Waals surface area contributed by atoms with Gasteiger partial charge in [0.1, 0.15) is 5.82 Å². The lowest BCUT2D eigenvalue weighted by Gasteiger charge is -2.37. The van der Waals surface area contributed by atoms with Gasteiger partial charge in [-0.05, 0) is 85.7 Å². The molecule has 2 heterocycles. The normalized spacial score (nSPS) is 15.6. The van der Waals surface area contributed by atoms with Crippen molar-refractivity contribution in [1.29, 1.82) is 0 Å². The molecule has 0 N–H and O–H groups in total. The van der Waals surface area contributed by atoms with Crippen molar-refractivity contribution in [2.75, 3.05) is 17.4 Å². The lowest BCUT2D eigenvalue weighted by atomic mass is 10.1. The first-order chi connectivity index (χ1) is 15.5. The van der Waals surface area contributed by atoms with Crippen molar-refractivity contribution < 1.29 is 8.42 Å². The van der Waals surface area contributed by atoms with E-state index in [1.54, 1.807) is 34.6 Å². The third-order valence-corrected chi connectivity index (χ3v) is 8.85. The number of pyridine rings is 1. The highest BCUT2D eigenvalue weighted by molar-refractivity contribution is 8.00. The number of piperidine rings is 1. The Morgan fingerprint density at radius 1 is 1.03 bits per heavy atom. The minimum Gasteiger partial charge on any atom is -0.293 e. The molecule has 5 nitrogen and oxygen atoms in total.